The van der Waals surface area contributed by atoms with Crippen LogP contribution in [0.25, 0.3) is 0 Å². The van der Waals surface area contributed by atoms with Crippen molar-refractivity contribution in [1.29, 1.82) is 0 Å². The number of imidazole rings is 1. The Labute approximate surface area is 156 Å². The van der Waals surface area contributed by atoms with Crippen molar-refractivity contribution in [3.63, 3.8) is 0 Å². The van der Waals surface area contributed by atoms with Crippen molar-refractivity contribution in [3.8, 4) is 0 Å². The molecule has 0 bridgehead atoms. The van der Waals surface area contributed by atoms with Gasteiger partial charge in [-0.15, -0.1) is 0 Å². The van der Waals surface area contributed by atoms with Gasteiger partial charge >= 0.3 is 6.18 Å². The van der Waals surface area contributed by atoms with Crippen molar-refractivity contribution in [1.82, 2.24) is 19.8 Å². The Morgan fingerprint density at radius 3 is 2.44 bits per heavy atom. The van der Waals surface area contributed by atoms with E-state index in [0.717, 1.165) is 6.54 Å². The minimum Gasteiger partial charge on any atom is -0.345 e. The van der Waals surface area contributed by atoms with Crippen LogP contribution in [0, 0.1) is 6.92 Å². The van der Waals surface area contributed by atoms with Gasteiger partial charge in [0, 0.05) is 32.0 Å². The largest absolute Gasteiger partial charge is 0.405 e. The van der Waals surface area contributed by atoms with Crippen LogP contribution < -0.4 is 5.32 Å². The number of aryl methyl sites for hydroxylation is 1. The number of rotatable bonds is 5. The molecule has 0 spiro atoms. The molecule has 1 aliphatic heterocycles. The number of alkyl halides is 3. The maximum absolute atomic E-state index is 12.7. The van der Waals surface area contributed by atoms with E-state index in [9.17, 15) is 18.0 Å². The number of carbonyl (C=O) groups excluding carboxylic acids is 1. The van der Waals surface area contributed by atoms with Crippen LogP contribution in [0.4, 0.5) is 13.2 Å². The summed E-state index contributed by atoms with van der Waals surface area (Å²) in [5.41, 5.74) is 1.33. The third-order valence-electron chi connectivity index (χ3n) is 5.08. The molecule has 8 heteroatoms. The first kappa shape index (κ1) is 19.4. The number of piperidine rings is 1. The molecule has 1 amide bonds. The van der Waals surface area contributed by atoms with Gasteiger partial charge in [0.15, 0.2) is 0 Å². The van der Waals surface area contributed by atoms with Crippen LogP contribution in [0.2, 0.25) is 0 Å². The third kappa shape index (κ3) is 4.68. The van der Waals surface area contributed by atoms with E-state index in [1.807, 2.05) is 6.92 Å². The molecule has 1 aromatic carbocycles. The van der Waals surface area contributed by atoms with Crippen LogP contribution in [0.5, 0.6) is 0 Å². The lowest BCUT2D eigenvalue weighted by molar-refractivity contribution is -0.145. The van der Waals surface area contributed by atoms with Crippen molar-refractivity contribution >= 4 is 5.91 Å². The molecule has 0 aliphatic carbocycles. The average molecular weight is 380 g/mol. The first-order valence-electron chi connectivity index (χ1n) is 8.90. The number of hydrogen-bond donors (Lipinski definition) is 1. The second kappa shape index (κ2) is 7.72. The molecule has 0 saturated carbocycles. The number of benzene rings is 1. The van der Waals surface area contributed by atoms with Crippen LogP contribution in [0.3, 0.4) is 0 Å². The topological polar surface area (TPSA) is 50.2 Å². The zero-order valence-electron chi connectivity index (χ0n) is 15.2. The lowest BCUT2D eigenvalue weighted by atomic mass is 9.85. The standard InChI is InChI=1S/C19H23F3N4O/c1-15-2-4-16(5-3-15)12-25-9-6-18(7-10-25,26-11-8-23-14-26)17(27)24-13-19(20,21)22/h2-5,8,11,14H,6-7,9-10,12-13H2,1H3,(H,24,27). The molecule has 1 N–H and O–H groups in total. The Morgan fingerprint density at radius 1 is 1.22 bits per heavy atom. The first-order chi connectivity index (χ1) is 12.8. The molecule has 146 valence electrons. The number of amides is 1. The van der Waals surface area contributed by atoms with Crippen LogP contribution in [0.15, 0.2) is 43.0 Å². The fourth-order valence-electron chi connectivity index (χ4n) is 3.49. The number of nitrogens with one attached hydrogen (secondary N) is 1. The molecular formula is C19H23F3N4O. The van der Waals surface area contributed by atoms with Gasteiger partial charge in [-0.05, 0) is 25.3 Å². The van der Waals surface area contributed by atoms with Crippen LogP contribution >= 0.6 is 0 Å². The third-order valence-corrected chi connectivity index (χ3v) is 5.08. The number of hydrogen-bond acceptors (Lipinski definition) is 3. The lowest BCUT2D eigenvalue weighted by Gasteiger charge is -2.41. The number of halogens is 3. The molecule has 1 aromatic heterocycles. The molecule has 3 rings (SSSR count). The molecule has 1 saturated heterocycles. The highest BCUT2D eigenvalue weighted by molar-refractivity contribution is 5.84. The summed E-state index contributed by atoms with van der Waals surface area (Å²) < 4.78 is 39.3. The molecular weight excluding hydrogens is 357 g/mol. The van der Waals surface area contributed by atoms with Gasteiger partial charge in [0.1, 0.15) is 12.1 Å². The minimum atomic E-state index is -4.43. The number of nitrogens with zero attached hydrogens (tertiary/aromatic N) is 3. The first-order valence-corrected chi connectivity index (χ1v) is 8.90. The summed E-state index contributed by atoms with van der Waals surface area (Å²) >= 11 is 0. The smallest absolute Gasteiger partial charge is 0.345 e. The fourth-order valence-corrected chi connectivity index (χ4v) is 3.49. The van der Waals surface area contributed by atoms with Gasteiger partial charge in [-0.2, -0.15) is 13.2 Å². The molecule has 27 heavy (non-hydrogen) atoms. The molecule has 2 aromatic rings. The molecule has 5 nitrogen and oxygen atoms in total. The summed E-state index contributed by atoms with van der Waals surface area (Å²) in [6.45, 7) is 2.69. The van der Waals surface area contributed by atoms with E-state index in [1.165, 1.54) is 23.7 Å². The summed E-state index contributed by atoms with van der Waals surface area (Å²) in [4.78, 5) is 18.9. The van der Waals surface area contributed by atoms with Gasteiger partial charge in [0.2, 0.25) is 5.91 Å². The van der Waals surface area contributed by atoms with Gasteiger partial charge in [0.05, 0.1) is 6.33 Å². The Kier molecular flexibility index (Phi) is 5.55. The van der Waals surface area contributed by atoms with Gasteiger partial charge in [-0.25, -0.2) is 4.98 Å². The number of carbonyl (C=O) groups is 1. The van der Waals surface area contributed by atoms with Crippen molar-refractivity contribution in [2.75, 3.05) is 19.6 Å². The molecule has 0 radical (unpaired) electrons. The van der Waals surface area contributed by atoms with Crippen LogP contribution in [-0.2, 0) is 16.9 Å². The SMILES string of the molecule is Cc1ccc(CN2CCC(C(=O)NCC(F)(F)F)(n3ccnc3)CC2)cc1. The van der Waals surface area contributed by atoms with E-state index in [1.54, 1.807) is 10.8 Å². The van der Waals surface area contributed by atoms with Crippen molar-refractivity contribution < 1.29 is 18.0 Å². The summed E-state index contributed by atoms with van der Waals surface area (Å²) in [5.74, 6) is -0.604. The van der Waals surface area contributed by atoms with E-state index >= 15 is 0 Å². The summed E-state index contributed by atoms with van der Waals surface area (Å²) in [5, 5.41) is 2.06. The number of likely N-dealkylation sites (tertiary alicyclic amines) is 1. The van der Waals surface area contributed by atoms with E-state index in [2.05, 4.69) is 39.5 Å². The van der Waals surface area contributed by atoms with E-state index in [0.29, 0.717) is 25.9 Å². The molecule has 2 heterocycles. The van der Waals surface area contributed by atoms with Crippen LogP contribution in [-0.4, -0.2) is 46.2 Å². The van der Waals surface area contributed by atoms with E-state index in [4.69, 9.17) is 0 Å². The van der Waals surface area contributed by atoms with Gasteiger partial charge < -0.3 is 9.88 Å². The quantitative estimate of drug-likeness (QED) is 0.868. The van der Waals surface area contributed by atoms with Crippen molar-refractivity contribution in [3.05, 3.63) is 54.1 Å². The van der Waals surface area contributed by atoms with Gasteiger partial charge in [-0.1, -0.05) is 29.8 Å². The number of aromatic nitrogens is 2. The zero-order chi connectivity index (χ0) is 19.5. The predicted octanol–water partition coefficient (Wildman–Crippen LogP) is 2.86. The molecule has 0 atom stereocenters. The molecule has 1 fully saturated rings. The van der Waals surface area contributed by atoms with Gasteiger partial charge in [-0.3, -0.25) is 9.69 Å². The Balaban J connectivity index is 1.69. The van der Waals surface area contributed by atoms with E-state index < -0.39 is 24.2 Å². The monoisotopic (exact) mass is 380 g/mol. The minimum absolute atomic E-state index is 0.429. The average Bonchev–Trinajstić information content (AvgIpc) is 3.17. The predicted molar refractivity (Wildman–Crippen MR) is 95.0 cm³/mol. The highest BCUT2D eigenvalue weighted by Gasteiger charge is 2.44. The molecule has 1 aliphatic rings. The highest BCUT2D eigenvalue weighted by Crippen LogP contribution is 2.31. The Morgan fingerprint density at radius 2 is 1.89 bits per heavy atom. The summed E-state index contributed by atoms with van der Waals surface area (Å²) in [6.07, 6.45) is 1.11. The maximum atomic E-state index is 12.7. The van der Waals surface area contributed by atoms with E-state index in [-0.39, 0.29) is 0 Å². The maximum Gasteiger partial charge on any atom is 0.405 e. The normalized spacial score (nSPS) is 17.6. The lowest BCUT2D eigenvalue weighted by Crippen LogP contribution is -2.55. The Hall–Kier alpha value is -2.35. The second-order valence-electron chi connectivity index (χ2n) is 7.06. The summed E-state index contributed by atoms with van der Waals surface area (Å²) in [7, 11) is 0. The van der Waals surface area contributed by atoms with Gasteiger partial charge in [0.25, 0.3) is 0 Å². The van der Waals surface area contributed by atoms with Crippen LogP contribution in [0.1, 0.15) is 24.0 Å². The molecule has 0 unspecified atom stereocenters. The van der Waals surface area contributed by atoms with Crippen molar-refractivity contribution in [2.45, 2.75) is 38.0 Å². The Bertz CT molecular complexity index is 748. The fraction of sp³-hybridized carbons (Fsp3) is 0.474. The van der Waals surface area contributed by atoms with Crippen molar-refractivity contribution in [2.24, 2.45) is 0 Å². The zero-order valence-corrected chi connectivity index (χ0v) is 15.2. The highest BCUT2D eigenvalue weighted by atomic mass is 19.4. The summed E-state index contributed by atoms with van der Waals surface area (Å²) in [6, 6.07) is 8.26. The second-order valence-corrected chi connectivity index (χ2v) is 7.06.